The molecule has 6 atom stereocenters. The summed E-state index contributed by atoms with van der Waals surface area (Å²) in [5.41, 5.74) is -1.61. The number of rotatable bonds is 13. The van der Waals surface area contributed by atoms with Gasteiger partial charge in [0.1, 0.15) is 54.2 Å². The van der Waals surface area contributed by atoms with E-state index in [2.05, 4.69) is 20.5 Å². The number of aliphatic carboxylic acids is 1. The minimum atomic E-state index is -4.49. The monoisotopic (exact) mass is 649 g/mol. The molecule has 244 valence electrons. The lowest BCUT2D eigenvalue weighted by Gasteiger charge is -2.31. The quantitative estimate of drug-likeness (QED) is 0.170. The summed E-state index contributed by atoms with van der Waals surface area (Å²) in [5.74, 6) is -0.904. The number of ether oxygens (including phenoxy) is 1. The van der Waals surface area contributed by atoms with Gasteiger partial charge in [-0.15, -0.1) is 0 Å². The lowest BCUT2D eigenvalue weighted by atomic mass is 9.87. The summed E-state index contributed by atoms with van der Waals surface area (Å²) in [6, 6.07) is 9.52. The number of hydrogen-bond acceptors (Lipinski definition) is 10. The van der Waals surface area contributed by atoms with E-state index >= 15 is 0 Å². The van der Waals surface area contributed by atoms with E-state index in [1.807, 2.05) is 0 Å². The Kier molecular flexibility index (Phi) is 10.2. The van der Waals surface area contributed by atoms with Gasteiger partial charge in [-0.2, -0.15) is 10.2 Å². The fourth-order valence-electron chi connectivity index (χ4n) is 5.67. The van der Waals surface area contributed by atoms with E-state index in [-0.39, 0.29) is 23.2 Å². The highest BCUT2D eigenvalue weighted by Gasteiger charge is 2.57. The number of carbonyl (C=O) groups is 2. The molecule has 16 heteroatoms. The first-order valence-corrected chi connectivity index (χ1v) is 16.3. The Balaban J connectivity index is 1.34. The van der Waals surface area contributed by atoms with Crippen LogP contribution in [0.4, 0.5) is 10.2 Å². The van der Waals surface area contributed by atoms with Crippen molar-refractivity contribution in [3.63, 3.8) is 0 Å². The fourth-order valence-corrected chi connectivity index (χ4v) is 7.22. The minimum absolute atomic E-state index is 0.0759. The molecule has 5 N–H and O–H groups in total. The van der Waals surface area contributed by atoms with Gasteiger partial charge in [0.05, 0.1) is 12.3 Å². The summed E-state index contributed by atoms with van der Waals surface area (Å²) in [7, 11) is -4.49. The van der Waals surface area contributed by atoms with Crippen LogP contribution in [0.2, 0.25) is 0 Å². The molecule has 2 fully saturated rings. The lowest BCUT2D eigenvalue weighted by Crippen LogP contribution is -2.49. The molecule has 1 saturated heterocycles. The summed E-state index contributed by atoms with van der Waals surface area (Å²) in [4.78, 5) is 28.4. The van der Waals surface area contributed by atoms with Crippen molar-refractivity contribution in [1.29, 1.82) is 0 Å². The third-order valence-corrected chi connectivity index (χ3v) is 9.78. The Labute approximate surface area is 258 Å². The van der Waals surface area contributed by atoms with Crippen LogP contribution in [0.25, 0.3) is 5.52 Å². The first-order valence-electron chi connectivity index (χ1n) is 14.8. The van der Waals surface area contributed by atoms with Crippen LogP contribution in [0.15, 0.2) is 48.8 Å². The summed E-state index contributed by atoms with van der Waals surface area (Å²) in [6.45, 7) is -1.05. The molecule has 0 unspecified atom stereocenters. The third kappa shape index (κ3) is 7.35. The van der Waals surface area contributed by atoms with Crippen molar-refractivity contribution in [2.24, 2.45) is 5.92 Å². The second-order valence-corrected chi connectivity index (χ2v) is 13.2. The van der Waals surface area contributed by atoms with E-state index in [4.69, 9.17) is 13.8 Å². The molecule has 0 radical (unpaired) electrons. The molecule has 0 bridgehead atoms. The highest BCUT2D eigenvalue weighted by Crippen LogP contribution is 2.48. The zero-order chi connectivity index (χ0) is 32.2. The normalized spacial score (nSPS) is 25.9. The summed E-state index contributed by atoms with van der Waals surface area (Å²) < 4.78 is 46.5. The molecule has 2 aromatic heterocycles. The molecule has 1 aromatic carbocycles. The Morgan fingerprint density at radius 1 is 1.18 bits per heavy atom. The van der Waals surface area contributed by atoms with E-state index in [1.54, 1.807) is 24.3 Å². The van der Waals surface area contributed by atoms with Crippen LogP contribution in [-0.4, -0.2) is 78.9 Å². The number of amides is 1. The zero-order valence-electron chi connectivity index (χ0n) is 24.6. The first kappa shape index (κ1) is 32.9. The van der Waals surface area contributed by atoms with Crippen LogP contribution in [0, 0.1) is 5.92 Å². The van der Waals surface area contributed by atoms with Crippen molar-refractivity contribution in [3.8, 4) is 5.75 Å². The van der Waals surface area contributed by atoms with Crippen LogP contribution in [-0.2, 0) is 23.4 Å². The summed E-state index contributed by atoms with van der Waals surface area (Å²) in [6.07, 6.45) is 2.11. The number of carboxylic acid groups (broad SMARTS) is 1. The number of fused-ring (bicyclic) bond motifs is 1. The Hall–Kier alpha value is -3.46. The number of benzene rings is 1. The molecule has 45 heavy (non-hydrogen) atoms. The molecule has 1 saturated carbocycles. The predicted octanol–water partition coefficient (Wildman–Crippen LogP) is 3.41. The zero-order valence-corrected chi connectivity index (χ0v) is 25.5. The predicted molar refractivity (Wildman–Crippen MR) is 158 cm³/mol. The second-order valence-electron chi connectivity index (χ2n) is 11.5. The molecule has 14 nitrogen and oxygen atoms in total. The van der Waals surface area contributed by atoms with Gasteiger partial charge in [0, 0.05) is 6.42 Å². The van der Waals surface area contributed by atoms with Crippen molar-refractivity contribution in [1.82, 2.24) is 19.7 Å². The summed E-state index contributed by atoms with van der Waals surface area (Å²) >= 11 is 0. The van der Waals surface area contributed by atoms with E-state index in [9.17, 15) is 33.9 Å². The number of aliphatic hydroxyl groups is 2. The molecule has 2 aliphatic rings. The number of alkyl halides is 1. The third-order valence-electron chi connectivity index (χ3n) is 8.16. The van der Waals surface area contributed by atoms with Crippen molar-refractivity contribution in [2.75, 3.05) is 18.6 Å². The van der Waals surface area contributed by atoms with Crippen LogP contribution in [0.1, 0.15) is 57.2 Å². The number of nitrogens with one attached hydrogen (secondary N) is 2. The number of halogens is 1. The Morgan fingerprint density at radius 2 is 1.91 bits per heavy atom. The van der Waals surface area contributed by atoms with Crippen LogP contribution < -0.4 is 14.9 Å². The fraction of sp³-hybridized carbons (Fsp3) is 0.517. The molecular formula is C29H37FN5O9P. The van der Waals surface area contributed by atoms with Gasteiger partial charge in [-0.1, -0.05) is 37.5 Å². The lowest BCUT2D eigenvalue weighted by molar-refractivity contribution is -0.138. The molecule has 3 aromatic rings. The number of carbonyl (C=O) groups excluding carboxylic acids is 1. The van der Waals surface area contributed by atoms with Gasteiger partial charge in [0.2, 0.25) is 5.91 Å². The van der Waals surface area contributed by atoms with Gasteiger partial charge in [-0.3, -0.25) is 14.1 Å². The Morgan fingerprint density at radius 3 is 2.60 bits per heavy atom. The Bertz CT molecular complexity index is 1540. The standard InChI is InChI=1S/C29H37FN5O9P/c1-18(28(39)40)34-45(41,44-20-10-6-3-7-11-20)42-16-29(15-30)26(38)24(37)25(43-29)21-12-13-22-27(31-17-32-35(21)22)33-23(36)14-19-8-4-2-5-9-19/h3,6-7,10-13,17-19,24-26,37-38H,2,4-5,8-9,14-16H2,1H3,(H,34,41)(H,39,40)(H,31,32,33,36)/t18-,24-,25-,26-,29+,45-/m0/s1. The topological polar surface area (TPSA) is 194 Å². The maximum absolute atomic E-state index is 14.7. The van der Waals surface area contributed by atoms with Crippen molar-refractivity contribution >= 4 is 31.0 Å². The average molecular weight is 650 g/mol. The van der Waals surface area contributed by atoms with Gasteiger partial charge in [-0.05, 0) is 49.9 Å². The van der Waals surface area contributed by atoms with Gasteiger partial charge >= 0.3 is 13.7 Å². The number of nitrogens with zero attached hydrogens (tertiary/aromatic N) is 3. The van der Waals surface area contributed by atoms with E-state index in [0.717, 1.165) is 25.7 Å². The molecule has 1 amide bonds. The van der Waals surface area contributed by atoms with Gasteiger partial charge in [0.15, 0.2) is 5.82 Å². The number of aliphatic hydroxyl groups excluding tert-OH is 2. The molecule has 1 aliphatic carbocycles. The number of para-hydroxylation sites is 1. The van der Waals surface area contributed by atoms with Crippen LogP contribution in [0.5, 0.6) is 5.75 Å². The van der Waals surface area contributed by atoms with Crippen molar-refractivity contribution in [2.45, 2.75) is 75.4 Å². The second kappa shape index (κ2) is 13.9. The van der Waals surface area contributed by atoms with Gasteiger partial charge in [-0.25, -0.2) is 18.5 Å². The van der Waals surface area contributed by atoms with Crippen LogP contribution in [0.3, 0.4) is 0 Å². The largest absolute Gasteiger partial charge is 0.480 e. The highest BCUT2D eigenvalue weighted by atomic mass is 31.2. The highest BCUT2D eigenvalue weighted by molar-refractivity contribution is 7.52. The van der Waals surface area contributed by atoms with Crippen LogP contribution >= 0.6 is 7.75 Å². The maximum Gasteiger partial charge on any atom is 0.459 e. The smallest absolute Gasteiger partial charge is 0.459 e. The van der Waals surface area contributed by atoms with Gasteiger partial charge < -0.3 is 29.9 Å². The molecule has 3 heterocycles. The van der Waals surface area contributed by atoms with Crippen molar-refractivity contribution < 1.29 is 47.6 Å². The SMILES string of the molecule is C[C@H](N[P@](=O)(OC[C@@]1(CF)O[C@@H](c2ccc3c(NC(=O)CC4CCCCC4)ncnn23)[C@H](O)[C@@H]1O)Oc1ccccc1)C(=O)O. The number of anilines is 1. The van der Waals surface area contributed by atoms with Gasteiger partial charge in [0.25, 0.3) is 0 Å². The maximum atomic E-state index is 14.7. The molecule has 5 rings (SSSR count). The number of aromatic nitrogens is 3. The van der Waals surface area contributed by atoms with Crippen molar-refractivity contribution in [3.05, 3.63) is 54.5 Å². The average Bonchev–Trinajstić information content (AvgIpc) is 3.56. The molecular weight excluding hydrogens is 612 g/mol. The first-order chi connectivity index (χ1) is 21.5. The molecule has 0 spiro atoms. The van der Waals surface area contributed by atoms with E-state index in [1.165, 1.54) is 42.4 Å². The minimum Gasteiger partial charge on any atom is -0.480 e. The molecule has 1 aliphatic heterocycles. The van der Waals surface area contributed by atoms with E-state index < -0.39 is 57.0 Å². The number of hydrogen-bond donors (Lipinski definition) is 5. The number of carboxylic acids is 1. The summed E-state index contributed by atoms with van der Waals surface area (Å²) in [5, 5.41) is 40.7. The van der Waals surface area contributed by atoms with E-state index in [0.29, 0.717) is 17.9 Å².